The summed E-state index contributed by atoms with van der Waals surface area (Å²) in [4.78, 5) is 34.9. The molecule has 1 aromatic heterocycles. The van der Waals surface area contributed by atoms with Crippen LogP contribution in [0.25, 0.3) is 10.9 Å². The number of aromatic amines is 1. The van der Waals surface area contributed by atoms with Gasteiger partial charge in [-0.15, -0.1) is 0 Å². The van der Waals surface area contributed by atoms with Crippen LogP contribution in [-0.2, 0) is 17.9 Å². The Kier molecular flexibility index (Phi) is 6.57. The molecule has 30 heavy (non-hydrogen) atoms. The number of nitrogens with one attached hydrogen (secondary N) is 1. The highest BCUT2D eigenvalue weighted by Gasteiger charge is 2.20. The first-order chi connectivity index (χ1) is 14.7. The molecule has 0 aliphatic heterocycles. The molecule has 1 saturated carbocycles. The molecule has 0 bridgehead atoms. The molecule has 0 radical (unpaired) electrons. The normalized spacial score (nSPS) is 14.7. The van der Waals surface area contributed by atoms with E-state index in [1.807, 2.05) is 53.4 Å². The van der Waals surface area contributed by atoms with Crippen molar-refractivity contribution >= 4 is 16.8 Å². The van der Waals surface area contributed by atoms with Crippen LogP contribution in [-0.4, -0.2) is 20.8 Å². The molecule has 2 aromatic carbocycles. The van der Waals surface area contributed by atoms with Gasteiger partial charge in [0.2, 0.25) is 5.91 Å². The van der Waals surface area contributed by atoms with E-state index in [-0.39, 0.29) is 11.5 Å². The van der Waals surface area contributed by atoms with E-state index < -0.39 is 0 Å². The lowest BCUT2D eigenvalue weighted by Crippen LogP contribution is -2.32. The Morgan fingerprint density at radius 2 is 1.70 bits per heavy atom. The van der Waals surface area contributed by atoms with Crippen molar-refractivity contribution in [1.29, 1.82) is 0 Å². The summed E-state index contributed by atoms with van der Waals surface area (Å²) in [7, 11) is 0. The van der Waals surface area contributed by atoms with Gasteiger partial charge < -0.3 is 9.88 Å². The Hall–Kier alpha value is -2.95. The molecule has 1 N–H and O–H groups in total. The first kappa shape index (κ1) is 20.3. The average Bonchev–Trinajstić information content (AvgIpc) is 2.78. The van der Waals surface area contributed by atoms with Crippen molar-refractivity contribution < 1.29 is 4.79 Å². The minimum atomic E-state index is -0.162. The van der Waals surface area contributed by atoms with Crippen LogP contribution in [0, 0.1) is 5.92 Å². The summed E-state index contributed by atoms with van der Waals surface area (Å²) in [5, 5.41) is 0.569. The number of H-pyrrole nitrogens is 1. The lowest BCUT2D eigenvalue weighted by molar-refractivity contribution is -0.133. The Bertz CT molecular complexity index is 1040. The highest BCUT2D eigenvalue weighted by molar-refractivity contribution is 5.78. The number of para-hydroxylation sites is 1. The molecule has 0 unspecified atom stereocenters. The predicted molar refractivity (Wildman–Crippen MR) is 119 cm³/mol. The number of benzene rings is 2. The van der Waals surface area contributed by atoms with E-state index in [9.17, 15) is 9.59 Å². The van der Waals surface area contributed by atoms with Gasteiger partial charge in [0.15, 0.2) is 0 Å². The SMILES string of the molecule is O=C(CCC1CCCCC1)N(Cc1ccccc1)Cc1nc2ccccc2c(=O)[nH]1. The molecule has 1 aliphatic rings. The first-order valence-corrected chi connectivity index (χ1v) is 11.0. The molecule has 1 heterocycles. The summed E-state index contributed by atoms with van der Waals surface area (Å²) in [5.74, 6) is 1.32. The summed E-state index contributed by atoms with van der Waals surface area (Å²) < 4.78 is 0. The summed E-state index contributed by atoms with van der Waals surface area (Å²) in [5.41, 5.74) is 1.57. The van der Waals surface area contributed by atoms with Gasteiger partial charge in [0.25, 0.3) is 5.56 Å². The molecule has 5 nitrogen and oxygen atoms in total. The minimum absolute atomic E-state index is 0.125. The third-order valence-corrected chi connectivity index (χ3v) is 6.06. The zero-order valence-corrected chi connectivity index (χ0v) is 17.3. The van der Waals surface area contributed by atoms with Crippen LogP contribution in [0.15, 0.2) is 59.4 Å². The van der Waals surface area contributed by atoms with E-state index in [0.29, 0.717) is 42.2 Å². The van der Waals surface area contributed by atoms with Crippen molar-refractivity contribution in [2.24, 2.45) is 5.92 Å². The van der Waals surface area contributed by atoms with Gasteiger partial charge in [-0.3, -0.25) is 9.59 Å². The molecule has 5 heteroatoms. The van der Waals surface area contributed by atoms with Crippen LogP contribution >= 0.6 is 0 Å². The van der Waals surface area contributed by atoms with E-state index in [4.69, 9.17) is 0 Å². The molecule has 1 fully saturated rings. The van der Waals surface area contributed by atoms with Gasteiger partial charge in [0.05, 0.1) is 17.4 Å². The maximum atomic E-state index is 13.1. The molecule has 1 aliphatic carbocycles. The Morgan fingerprint density at radius 3 is 2.50 bits per heavy atom. The molecular formula is C25H29N3O2. The number of nitrogens with zero attached hydrogens (tertiary/aromatic N) is 2. The van der Waals surface area contributed by atoms with Crippen LogP contribution in [0.3, 0.4) is 0 Å². The van der Waals surface area contributed by atoms with E-state index in [2.05, 4.69) is 9.97 Å². The van der Waals surface area contributed by atoms with Crippen molar-refractivity contribution in [2.45, 2.75) is 58.0 Å². The molecule has 156 valence electrons. The van der Waals surface area contributed by atoms with Crippen molar-refractivity contribution in [3.63, 3.8) is 0 Å². The molecule has 4 rings (SSSR count). The second kappa shape index (κ2) is 9.70. The van der Waals surface area contributed by atoms with Crippen LogP contribution in [0.5, 0.6) is 0 Å². The fraction of sp³-hybridized carbons (Fsp3) is 0.400. The second-order valence-corrected chi connectivity index (χ2v) is 8.31. The largest absolute Gasteiger partial charge is 0.331 e. The van der Waals surface area contributed by atoms with Gasteiger partial charge >= 0.3 is 0 Å². The fourth-order valence-electron chi connectivity index (χ4n) is 4.39. The highest BCUT2D eigenvalue weighted by Crippen LogP contribution is 2.27. The summed E-state index contributed by atoms with van der Waals surface area (Å²) in [6.07, 6.45) is 7.88. The third-order valence-electron chi connectivity index (χ3n) is 6.06. The van der Waals surface area contributed by atoms with Gasteiger partial charge in [0.1, 0.15) is 5.82 Å². The van der Waals surface area contributed by atoms with Crippen LogP contribution in [0.4, 0.5) is 0 Å². The van der Waals surface area contributed by atoms with Crippen molar-refractivity contribution in [2.75, 3.05) is 0 Å². The number of aromatic nitrogens is 2. The smallest absolute Gasteiger partial charge is 0.258 e. The van der Waals surface area contributed by atoms with Gasteiger partial charge in [-0.05, 0) is 30.0 Å². The van der Waals surface area contributed by atoms with E-state index in [1.54, 1.807) is 6.07 Å². The zero-order valence-electron chi connectivity index (χ0n) is 17.3. The number of hydrogen-bond donors (Lipinski definition) is 1. The van der Waals surface area contributed by atoms with Crippen LogP contribution < -0.4 is 5.56 Å². The number of carbonyl (C=O) groups excluding carboxylic acids is 1. The van der Waals surface area contributed by atoms with E-state index >= 15 is 0 Å². The first-order valence-electron chi connectivity index (χ1n) is 11.0. The summed E-state index contributed by atoms with van der Waals surface area (Å²) in [6, 6.07) is 17.3. The lowest BCUT2D eigenvalue weighted by atomic mass is 9.86. The summed E-state index contributed by atoms with van der Waals surface area (Å²) >= 11 is 0. The van der Waals surface area contributed by atoms with Crippen molar-refractivity contribution in [1.82, 2.24) is 14.9 Å². The second-order valence-electron chi connectivity index (χ2n) is 8.31. The van der Waals surface area contributed by atoms with E-state index in [0.717, 1.165) is 12.0 Å². The molecule has 0 atom stereocenters. The quantitative estimate of drug-likeness (QED) is 0.615. The molecule has 1 amide bonds. The number of fused-ring (bicyclic) bond motifs is 1. The number of rotatable bonds is 7. The molecular weight excluding hydrogens is 374 g/mol. The summed E-state index contributed by atoms with van der Waals surface area (Å²) in [6.45, 7) is 0.819. The Labute approximate surface area is 177 Å². The minimum Gasteiger partial charge on any atom is -0.331 e. The van der Waals surface area contributed by atoms with Crippen LogP contribution in [0.1, 0.15) is 56.3 Å². The van der Waals surface area contributed by atoms with Gasteiger partial charge in [-0.25, -0.2) is 4.98 Å². The average molecular weight is 404 g/mol. The molecule has 3 aromatic rings. The maximum Gasteiger partial charge on any atom is 0.258 e. The van der Waals surface area contributed by atoms with Crippen LogP contribution in [0.2, 0.25) is 0 Å². The predicted octanol–water partition coefficient (Wildman–Crippen LogP) is 4.81. The maximum absolute atomic E-state index is 13.1. The molecule has 0 saturated heterocycles. The standard InChI is InChI=1S/C25H29N3O2/c29-24(16-15-19-9-3-1-4-10-19)28(17-20-11-5-2-6-12-20)18-23-26-22-14-8-7-13-21(22)25(30)27-23/h2,5-8,11-14,19H,1,3-4,9-10,15-18H2,(H,26,27,30). The Morgan fingerprint density at radius 1 is 0.967 bits per heavy atom. The Balaban J connectivity index is 1.52. The fourth-order valence-corrected chi connectivity index (χ4v) is 4.39. The van der Waals surface area contributed by atoms with Crippen molar-refractivity contribution in [3.05, 3.63) is 76.3 Å². The number of amides is 1. The highest BCUT2D eigenvalue weighted by atomic mass is 16.2. The zero-order chi connectivity index (χ0) is 20.8. The van der Waals surface area contributed by atoms with E-state index in [1.165, 1.54) is 32.1 Å². The van der Waals surface area contributed by atoms with Gasteiger partial charge in [0, 0.05) is 13.0 Å². The van der Waals surface area contributed by atoms with Gasteiger partial charge in [-0.2, -0.15) is 0 Å². The monoisotopic (exact) mass is 403 g/mol. The number of hydrogen-bond acceptors (Lipinski definition) is 3. The molecule has 0 spiro atoms. The topological polar surface area (TPSA) is 66.1 Å². The number of carbonyl (C=O) groups is 1. The van der Waals surface area contributed by atoms with Gasteiger partial charge in [-0.1, -0.05) is 74.6 Å². The lowest BCUT2D eigenvalue weighted by Gasteiger charge is -2.25. The third kappa shape index (κ3) is 5.15. The van der Waals surface area contributed by atoms with Crippen molar-refractivity contribution in [3.8, 4) is 0 Å².